The van der Waals surface area contributed by atoms with Gasteiger partial charge in [-0.3, -0.25) is 4.79 Å². The first-order valence-corrected chi connectivity index (χ1v) is 2.69. The number of hydrogen-bond donors (Lipinski definition) is 3. The van der Waals surface area contributed by atoms with Crippen molar-refractivity contribution in [1.29, 1.82) is 0 Å². The summed E-state index contributed by atoms with van der Waals surface area (Å²) in [5.74, 6) is -0.234. The van der Waals surface area contributed by atoms with Crippen LogP contribution < -0.4 is 11.5 Å². The molecule has 0 saturated carbocycles. The van der Waals surface area contributed by atoms with Gasteiger partial charge in [0, 0.05) is 6.42 Å². The SMILES string of the molecule is CC(N)(O)CC(=O)CN. The van der Waals surface area contributed by atoms with Crippen LogP contribution in [0.15, 0.2) is 0 Å². The number of carbonyl (C=O) groups excluding carboxylic acids is 1. The molecule has 0 aromatic carbocycles. The molecular formula is C5H12N2O2. The Morgan fingerprint density at radius 3 is 2.33 bits per heavy atom. The zero-order valence-corrected chi connectivity index (χ0v) is 5.42. The first-order chi connectivity index (χ1) is 3.95. The monoisotopic (exact) mass is 132 g/mol. The molecule has 0 bridgehead atoms. The van der Waals surface area contributed by atoms with E-state index >= 15 is 0 Å². The standard InChI is InChI=1S/C5H12N2O2/c1-5(7,9)2-4(8)3-6/h9H,2-3,6-7H2,1H3. The highest BCUT2D eigenvalue weighted by atomic mass is 16.3. The molecule has 5 N–H and O–H groups in total. The molecule has 0 spiro atoms. The maximum Gasteiger partial charge on any atom is 0.150 e. The van der Waals surface area contributed by atoms with E-state index in [1.54, 1.807) is 0 Å². The van der Waals surface area contributed by atoms with E-state index in [9.17, 15) is 4.79 Å². The summed E-state index contributed by atoms with van der Waals surface area (Å²) in [5.41, 5.74) is 8.65. The maximum absolute atomic E-state index is 10.5. The third-order valence-corrected chi connectivity index (χ3v) is 0.783. The third-order valence-electron chi connectivity index (χ3n) is 0.783. The van der Waals surface area contributed by atoms with Gasteiger partial charge in [-0.2, -0.15) is 0 Å². The second-order valence-corrected chi connectivity index (χ2v) is 2.28. The molecule has 0 aliphatic carbocycles. The summed E-state index contributed by atoms with van der Waals surface area (Å²) in [4.78, 5) is 10.5. The smallest absolute Gasteiger partial charge is 0.150 e. The minimum Gasteiger partial charge on any atom is -0.376 e. The zero-order chi connectivity index (χ0) is 7.49. The number of hydrogen-bond acceptors (Lipinski definition) is 4. The van der Waals surface area contributed by atoms with Crippen molar-refractivity contribution >= 4 is 5.78 Å². The predicted molar refractivity (Wildman–Crippen MR) is 33.5 cm³/mol. The average molecular weight is 132 g/mol. The second-order valence-electron chi connectivity index (χ2n) is 2.28. The van der Waals surface area contributed by atoms with Crippen molar-refractivity contribution in [2.75, 3.05) is 6.54 Å². The second kappa shape index (κ2) is 2.91. The molecule has 0 aliphatic heterocycles. The minimum absolute atomic E-state index is 0.0622. The minimum atomic E-state index is -1.41. The van der Waals surface area contributed by atoms with E-state index in [-0.39, 0.29) is 18.7 Å². The van der Waals surface area contributed by atoms with Crippen LogP contribution in [-0.2, 0) is 4.79 Å². The van der Waals surface area contributed by atoms with Crippen LogP contribution in [0.3, 0.4) is 0 Å². The molecule has 54 valence electrons. The molecule has 4 heteroatoms. The van der Waals surface area contributed by atoms with Gasteiger partial charge >= 0.3 is 0 Å². The van der Waals surface area contributed by atoms with Crippen molar-refractivity contribution in [3.05, 3.63) is 0 Å². The predicted octanol–water partition coefficient (Wildman–Crippen LogP) is -1.43. The molecule has 0 aliphatic rings. The van der Waals surface area contributed by atoms with Crippen molar-refractivity contribution in [2.45, 2.75) is 19.1 Å². The molecule has 0 rings (SSSR count). The van der Waals surface area contributed by atoms with Gasteiger partial charge in [0.25, 0.3) is 0 Å². The Labute approximate surface area is 53.8 Å². The van der Waals surface area contributed by atoms with Gasteiger partial charge in [0.05, 0.1) is 6.54 Å². The van der Waals surface area contributed by atoms with Crippen LogP contribution in [0.4, 0.5) is 0 Å². The Kier molecular flexibility index (Phi) is 2.76. The van der Waals surface area contributed by atoms with Crippen LogP contribution in [0.5, 0.6) is 0 Å². The number of ketones is 1. The van der Waals surface area contributed by atoms with E-state index in [1.807, 2.05) is 0 Å². The zero-order valence-electron chi connectivity index (χ0n) is 5.42. The molecule has 9 heavy (non-hydrogen) atoms. The van der Waals surface area contributed by atoms with Crippen LogP contribution in [0.2, 0.25) is 0 Å². The summed E-state index contributed by atoms with van der Waals surface area (Å²) in [6, 6.07) is 0. The van der Waals surface area contributed by atoms with Crippen molar-refractivity contribution in [3.63, 3.8) is 0 Å². The average Bonchev–Trinajstić information content (AvgIpc) is 1.62. The van der Waals surface area contributed by atoms with Gasteiger partial charge < -0.3 is 16.6 Å². The molecular weight excluding hydrogens is 120 g/mol. The fraction of sp³-hybridized carbons (Fsp3) is 0.800. The van der Waals surface area contributed by atoms with Crippen molar-refractivity contribution in [1.82, 2.24) is 0 Å². The van der Waals surface area contributed by atoms with Crippen LogP contribution in [0.1, 0.15) is 13.3 Å². The highest BCUT2D eigenvalue weighted by molar-refractivity contribution is 5.80. The maximum atomic E-state index is 10.5. The summed E-state index contributed by atoms with van der Waals surface area (Å²) in [6.45, 7) is 1.30. The fourth-order valence-electron chi connectivity index (χ4n) is 0.471. The molecule has 0 aromatic heterocycles. The Hall–Kier alpha value is -0.450. The van der Waals surface area contributed by atoms with Crippen LogP contribution in [0.25, 0.3) is 0 Å². The lowest BCUT2D eigenvalue weighted by Crippen LogP contribution is -2.39. The summed E-state index contributed by atoms with van der Waals surface area (Å²) < 4.78 is 0. The first-order valence-electron chi connectivity index (χ1n) is 2.69. The highest BCUT2D eigenvalue weighted by Gasteiger charge is 2.16. The summed E-state index contributed by atoms with van der Waals surface area (Å²) in [7, 11) is 0. The van der Waals surface area contributed by atoms with E-state index in [1.165, 1.54) is 6.92 Å². The van der Waals surface area contributed by atoms with E-state index in [0.717, 1.165) is 0 Å². The Balaban J connectivity index is 3.60. The van der Waals surface area contributed by atoms with Gasteiger partial charge in [0.1, 0.15) is 5.72 Å². The summed E-state index contributed by atoms with van der Waals surface area (Å²) in [6.07, 6.45) is -0.0799. The van der Waals surface area contributed by atoms with Crippen molar-refractivity contribution in [3.8, 4) is 0 Å². The Bertz CT molecular complexity index is 106. The van der Waals surface area contributed by atoms with Gasteiger partial charge in [0.15, 0.2) is 5.78 Å². The molecule has 0 saturated heterocycles. The first kappa shape index (κ1) is 8.55. The molecule has 4 nitrogen and oxygen atoms in total. The molecule has 0 amide bonds. The Morgan fingerprint density at radius 1 is 1.78 bits per heavy atom. The summed E-state index contributed by atoms with van der Waals surface area (Å²) >= 11 is 0. The van der Waals surface area contributed by atoms with Crippen molar-refractivity contribution in [2.24, 2.45) is 11.5 Å². The van der Waals surface area contributed by atoms with E-state index < -0.39 is 5.72 Å². The molecule has 0 radical (unpaired) electrons. The van der Waals surface area contributed by atoms with Crippen LogP contribution in [-0.4, -0.2) is 23.2 Å². The van der Waals surface area contributed by atoms with Gasteiger partial charge in [-0.25, -0.2) is 0 Å². The molecule has 0 fully saturated rings. The number of rotatable bonds is 3. The van der Waals surface area contributed by atoms with Gasteiger partial charge in [-0.15, -0.1) is 0 Å². The van der Waals surface area contributed by atoms with Gasteiger partial charge in [-0.05, 0) is 6.92 Å². The fourth-order valence-corrected chi connectivity index (χ4v) is 0.471. The number of Topliss-reactive ketones (excluding diaryl/α,β-unsaturated/α-hetero) is 1. The highest BCUT2D eigenvalue weighted by Crippen LogP contribution is 1.98. The van der Waals surface area contributed by atoms with Crippen LogP contribution in [0, 0.1) is 0 Å². The van der Waals surface area contributed by atoms with Crippen molar-refractivity contribution < 1.29 is 9.90 Å². The quantitative estimate of drug-likeness (QED) is 0.411. The topological polar surface area (TPSA) is 89.3 Å². The lowest BCUT2D eigenvalue weighted by molar-refractivity contribution is -0.121. The lowest BCUT2D eigenvalue weighted by Gasteiger charge is -2.14. The number of nitrogens with two attached hydrogens (primary N) is 2. The molecule has 0 aromatic rings. The number of carbonyl (C=O) groups is 1. The Morgan fingerprint density at radius 2 is 2.22 bits per heavy atom. The largest absolute Gasteiger partial charge is 0.376 e. The van der Waals surface area contributed by atoms with Crippen LogP contribution >= 0.6 is 0 Å². The van der Waals surface area contributed by atoms with E-state index in [0.29, 0.717) is 0 Å². The van der Waals surface area contributed by atoms with Gasteiger partial charge in [-0.1, -0.05) is 0 Å². The lowest BCUT2D eigenvalue weighted by atomic mass is 10.1. The third kappa shape index (κ3) is 5.42. The molecule has 0 heterocycles. The van der Waals surface area contributed by atoms with Gasteiger partial charge in [0.2, 0.25) is 0 Å². The molecule has 1 unspecified atom stereocenters. The normalized spacial score (nSPS) is 16.9. The summed E-state index contributed by atoms with van der Waals surface area (Å²) in [5, 5.41) is 8.82. The van der Waals surface area contributed by atoms with E-state index in [2.05, 4.69) is 0 Å². The van der Waals surface area contributed by atoms with E-state index in [4.69, 9.17) is 16.6 Å². The molecule has 1 atom stereocenters. The number of aliphatic hydroxyl groups is 1.